The van der Waals surface area contributed by atoms with Gasteiger partial charge in [-0.1, -0.05) is 11.6 Å². The zero-order chi connectivity index (χ0) is 13.3. The Morgan fingerprint density at radius 3 is 2.50 bits per heavy atom. The molecule has 6 heteroatoms. The van der Waals surface area contributed by atoms with E-state index in [0.717, 1.165) is 6.20 Å². The molecule has 0 amide bonds. The van der Waals surface area contributed by atoms with Crippen molar-refractivity contribution in [3.8, 4) is 11.1 Å². The monoisotopic (exact) mass is 272 g/mol. The molecule has 0 unspecified atom stereocenters. The highest BCUT2D eigenvalue weighted by Crippen LogP contribution is 2.38. The maximum atomic E-state index is 12.9. The van der Waals surface area contributed by atoms with Gasteiger partial charge in [0.2, 0.25) is 0 Å². The van der Waals surface area contributed by atoms with Crippen LogP contribution in [0.1, 0.15) is 11.1 Å². The number of hydrogen-bond acceptors (Lipinski definition) is 2. The summed E-state index contributed by atoms with van der Waals surface area (Å²) in [6, 6.07) is 2.85. The van der Waals surface area contributed by atoms with E-state index < -0.39 is 11.7 Å². The third-order valence-electron chi connectivity index (χ3n) is 2.51. The summed E-state index contributed by atoms with van der Waals surface area (Å²) in [5.74, 6) is 0. The van der Waals surface area contributed by atoms with Crippen LogP contribution in [0.3, 0.4) is 0 Å². The Labute approximate surface area is 106 Å². The first kappa shape index (κ1) is 12.8. The average Bonchev–Trinajstić information content (AvgIpc) is 2.27. The minimum atomic E-state index is -4.48. The normalized spacial score (nSPS) is 11.6. The van der Waals surface area contributed by atoms with Crippen molar-refractivity contribution in [2.24, 2.45) is 0 Å². The molecule has 2 rings (SSSR count). The number of nitrogens with zero attached hydrogens (tertiary/aromatic N) is 2. The number of rotatable bonds is 1. The molecule has 94 valence electrons. The number of pyridine rings is 2. The van der Waals surface area contributed by atoms with Crippen LogP contribution in [0.2, 0.25) is 5.15 Å². The fourth-order valence-electron chi connectivity index (χ4n) is 1.62. The van der Waals surface area contributed by atoms with Gasteiger partial charge in [-0.05, 0) is 24.6 Å². The van der Waals surface area contributed by atoms with Crippen molar-refractivity contribution in [1.29, 1.82) is 0 Å². The van der Waals surface area contributed by atoms with E-state index in [-0.39, 0.29) is 10.7 Å². The Balaban J connectivity index is 2.70. The van der Waals surface area contributed by atoms with Crippen LogP contribution in [0.4, 0.5) is 13.2 Å². The molecule has 0 aliphatic rings. The fourth-order valence-corrected chi connectivity index (χ4v) is 1.78. The van der Waals surface area contributed by atoms with Crippen molar-refractivity contribution in [1.82, 2.24) is 9.97 Å². The van der Waals surface area contributed by atoms with Crippen LogP contribution in [0.5, 0.6) is 0 Å². The Bertz CT molecular complexity index is 582. The van der Waals surface area contributed by atoms with Crippen molar-refractivity contribution >= 4 is 11.6 Å². The van der Waals surface area contributed by atoms with Crippen LogP contribution in [-0.2, 0) is 6.18 Å². The van der Waals surface area contributed by atoms with E-state index in [2.05, 4.69) is 9.97 Å². The molecule has 0 spiro atoms. The van der Waals surface area contributed by atoms with E-state index in [1.807, 2.05) is 0 Å². The summed E-state index contributed by atoms with van der Waals surface area (Å²) in [6.45, 7) is 1.71. The molecule has 2 aromatic heterocycles. The first-order valence-corrected chi connectivity index (χ1v) is 5.41. The molecular formula is C12H8ClF3N2. The summed E-state index contributed by atoms with van der Waals surface area (Å²) >= 11 is 5.67. The van der Waals surface area contributed by atoms with Crippen molar-refractivity contribution in [2.75, 3.05) is 0 Å². The first-order chi connectivity index (χ1) is 8.39. The molecule has 0 saturated carbocycles. The van der Waals surface area contributed by atoms with Gasteiger partial charge in [0.25, 0.3) is 0 Å². The highest BCUT2D eigenvalue weighted by molar-refractivity contribution is 6.29. The summed E-state index contributed by atoms with van der Waals surface area (Å²) in [5.41, 5.74) is 0.267. The van der Waals surface area contributed by atoms with Gasteiger partial charge in [-0.25, -0.2) is 4.98 Å². The van der Waals surface area contributed by atoms with Crippen LogP contribution < -0.4 is 0 Å². The number of hydrogen-bond donors (Lipinski definition) is 0. The van der Waals surface area contributed by atoms with Gasteiger partial charge in [0, 0.05) is 29.7 Å². The second-order valence-electron chi connectivity index (χ2n) is 3.74. The van der Waals surface area contributed by atoms with Crippen molar-refractivity contribution in [3.05, 3.63) is 47.0 Å². The molecule has 18 heavy (non-hydrogen) atoms. The van der Waals surface area contributed by atoms with E-state index in [4.69, 9.17) is 11.6 Å². The molecule has 0 aliphatic carbocycles. The number of aromatic nitrogens is 2. The van der Waals surface area contributed by atoms with E-state index in [9.17, 15) is 13.2 Å². The lowest BCUT2D eigenvalue weighted by molar-refractivity contribution is -0.137. The lowest BCUT2D eigenvalue weighted by Gasteiger charge is -2.13. The zero-order valence-corrected chi connectivity index (χ0v) is 10.0. The van der Waals surface area contributed by atoms with Crippen LogP contribution in [-0.4, -0.2) is 9.97 Å². The number of aryl methyl sites for hydroxylation is 1. The summed E-state index contributed by atoms with van der Waals surface area (Å²) in [7, 11) is 0. The lowest BCUT2D eigenvalue weighted by atomic mass is 9.99. The van der Waals surface area contributed by atoms with Gasteiger partial charge in [0.05, 0.1) is 5.56 Å². The Kier molecular flexibility index (Phi) is 3.26. The van der Waals surface area contributed by atoms with E-state index in [0.29, 0.717) is 11.1 Å². The van der Waals surface area contributed by atoms with Gasteiger partial charge in [-0.2, -0.15) is 13.2 Å². The molecule has 0 N–H and O–H groups in total. The zero-order valence-electron chi connectivity index (χ0n) is 9.29. The molecule has 0 aromatic carbocycles. The van der Waals surface area contributed by atoms with Crippen molar-refractivity contribution < 1.29 is 13.2 Å². The van der Waals surface area contributed by atoms with E-state index >= 15 is 0 Å². The molecule has 0 fully saturated rings. The molecule has 0 saturated heterocycles. The fraction of sp³-hybridized carbons (Fsp3) is 0.167. The number of alkyl halides is 3. The SMILES string of the molecule is Cc1ccncc1-c1cc(Cl)ncc1C(F)(F)F. The van der Waals surface area contributed by atoms with Crippen LogP contribution in [0.15, 0.2) is 30.7 Å². The standard InChI is InChI=1S/C12H8ClF3N2/c1-7-2-3-17-5-9(7)8-4-11(13)18-6-10(8)12(14,15)16/h2-6H,1H3. The Morgan fingerprint density at radius 1 is 1.17 bits per heavy atom. The topological polar surface area (TPSA) is 25.8 Å². The van der Waals surface area contributed by atoms with Gasteiger partial charge in [0.1, 0.15) is 5.15 Å². The van der Waals surface area contributed by atoms with Gasteiger partial charge >= 0.3 is 6.18 Å². The average molecular weight is 273 g/mol. The molecule has 2 nitrogen and oxygen atoms in total. The van der Waals surface area contributed by atoms with Gasteiger partial charge < -0.3 is 0 Å². The smallest absolute Gasteiger partial charge is 0.264 e. The van der Waals surface area contributed by atoms with Crippen LogP contribution in [0, 0.1) is 6.92 Å². The Hall–Kier alpha value is -1.62. The van der Waals surface area contributed by atoms with Gasteiger partial charge in [-0.3, -0.25) is 4.98 Å². The third kappa shape index (κ3) is 2.46. The molecule has 0 aliphatic heterocycles. The minimum Gasteiger partial charge on any atom is -0.264 e. The molecule has 0 bridgehead atoms. The van der Waals surface area contributed by atoms with E-state index in [1.54, 1.807) is 13.0 Å². The largest absolute Gasteiger partial charge is 0.418 e. The second kappa shape index (κ2) is 4.57. The molecule has 2 heterocycles. The predicted octanol–water partition coefficient (Wildman–Crippen LogP) is 4.12. The van der Waals surface area contributed by atoms with Crippen molar-refractivity contribution in [2.45, 2.75) is 13.1 Å². The second-order valence-corrected chi connectivity index (χ2v) is 4.13. The van der Waals surface area contributed by atoms with Gasteiger partial charge in [-0.15, -0.1) is 0 Å². The van der Waals surface area contributed by atoms with Crippen molar-refractivity contribution in [3.63, 3.8) is 0 Å². The quantitative estimate of drug-likeness (QED) is 0.730. The summed E-state index contributed by atoms with van der Waals surface area (Å²) in [4.78, 5) is 7.33. The number of halogens is 4. The Morgan fingerprint density at radius 2 is 1.89 bits per heavy atom. The first-order valence-electron chi connectivity index (χ1n) is 5.03. The van der Waals surface area contributed by atoms with Crippen LogP contribution >= 0.6 is 11.6 Å². The molecule has 0 radical (unpaired) electrons. The molecule has 0 atom stereocenters. The molecular weight excluding hydrogens is 265 g/mol. The van der Waals surface area contributed by atoms with E-state index in [1.165, 1.54) is 18.5 Å². The third-order valence-corrected chi connectivity index (χ3v) is 2.71. The maximum absolute atomic E-state index is 12.9. The summed E-state index contributed by atoms with van der Waals surface area (Å²) in [6.07, 6.45) is -0.829. The maximum Gasteiger partial charge on any atom is 0.418 e. The summed E-state index contributed by atoms with van der Waals surface area (Å²) in [5, 5.41) is 0.0150. The highest BCUT2D eigenvalue weighted by atomic mass is 35.5. The molecule has 2 aromatic rings. The lowest BCUT2D eigenvalue weighted by Crippen LogP contribution is -2.08. The van der Waals surface area contributed by atoms with Crippen LogP contribution in [0.25, 0.3) is 11.1 Å². The van der Waals surface area contributed by atoms with Gasteiger partial charge in [0.15, 0.2) is 0 Å². The summed E-state index contributed by atoms with van der Waals surface area (Å²) < 4.78 is 38.7. The minimum absolute atomic E-state index is 0.00639. The highest BCUT2D eigenvalue weighted by Gasteiger charge is 2.34. The predicted molar refractivity (Wildman–Crippen MR) is 62.2 cm³/mol.